The van der Waals surface area contributed by atoms with Crippen molar-refractivity contribution in [3.8, 4) is 0 Å². The quantitative estimate of drug-likeness (QED) is 0.803. The fourth-order valence-electron chi connectivity index (χ4n) is 2.59. The Labute approximate surface area is 141 Å². The molecule has 1 aromatic carbocycles. The third kappa shape index (κ3) is 3.22. The molecule has 0 spiro atoms. The Hall–Kier alpha value is -2.89. The molecule has 2 aromatic heterocycles. The lowest BCUT2D eigenvalue weighted by molar-refractivity contribution is 0.102. The molecular weight excluding hydrogens is 302 g/mol. The van der Waals surface area contributed by atoms with Crippen LogP contribution in [-0.2, 0) is 13.6 Å². The number of hydrogen-bond acceptors (Lipinski definition) is 3. The van der Waals surface area contributed by atoms with E-state index in [0.717, 1.165) is 28.3 Å². The highest BCUT2D eigenvalue weighted by molar-refractivity contribution is 6.04. The second kappa shape index (κ2) is 6.31. The summed E-state index contributed by atoms with van der Waals surface area (Å²) in [4.78, 5) is 12.3. The molecule has 0 atom stereocenters. The Morgan fingerprint density at radius 2 is 1.88 bits per heavy atom. The van der Waals surface area contributed by atoms with E-state index in [2.05, 4.69) is 21.6 Å². The Morgan fingerprint density at radius 1 is 1.17 bits per heavy atom. The average molecular weight is 323 g/mol. The standard InChI is InChI=1S/C18H21N5O/c1-12-9-13(2)23(21-12)11-15-5-7-16(8-6-15)18(24)20-17-10-19-22(4)14(17)3/h5-10H,11H2,1-4H3,(H,20,24). The van der Waals surface area contributed by atoms with Gasteiger partial charge in [0.1, 0.15) is 0 Å². The van der Waals surface area contributed by atoms with E-state index in [0.29, 0.717) is 12.1 Å². The third-order valence-electron chi connectivity index (χ3n) is 4.14. The first kappa shape index (κ1) is 16.0. The van der Waals surface area contributed by atoms with Gasteiger partial charge in [-0.05, 0) is 44.5 Å². The van der Waals surface area contributed by atoms with Crippen LogP contribution in [0.5, 0.6) is 0 Å². The molecule has 0 aliphatic heterocycles. The highest BCUT2D eigenvalue weighted by Gasteiger charge is 2.10. The topological polar surface area (TPSA) is 64.7 Å². The number of nitrogens with one attached hydrogen (secondary N) is 1. The van der Waals surface area contributed by atoms with Crippen molar-refractivity contribution in [1.29, 1.82) is 0 Å². The van der Waals surface area contributed by atoms with E-state index < -0.39 is 0 Å². The normalized spacial score (nSPS) is 10.8. The molecule has 0 fully saturated rings. The first-order valence-electron chi connectivity index (χ1n) is 7.84. The van der Waals surface area contributed by atoms with E-state index in [-0.39, 0.29) is 5.91 Å². The zero-order valence-electron chi connectivity index (χ0n) is 14.4. The molecule has 6 heteroatoms. The van der Waals surface area contributed by atoms with Crippen molar-refractivity contribution >= 4 is 11.6 Å². The summed E-state index contributed by atoms with van der Waals surface area (Å²) in [6.07, 6.45) is 1.66. The minimum Gasteiger partial charge on any atom is -0.319 e. The van der Waals surface area contributed by atoms with E-state index >= 15 is 0 Å². The van der Waals surface area contributed by atoms with Gasteiger partial charge in [0.25, 0.3) is 5.91 Å². The molecule has 2 heterocycles. The first-order valence-corrected chi connectivity index (χ1v) is 7.84. The Morgan fingerprint density at radius 3 is 2.42 bits per heavy atom. The number of aryl methyl sites for hydroxylation is 3. The molecule has 3 rings (SSSR count). The van der Waals surface area contributed by atoms with Crippen LogP contribution in [0.4, 0.5) is 5.69 Å². The summed E-state index contributed by atoms with van der Waals surface area (Å²) in [5, 5.41) is 11.5. The van der Waals surface area contributed by atoms with Gasteiger partial charge in [0, 0.05) is 18.3 Å². The lowest BCUT2D eigenvalue weighted by atomic mass is 10.1. The van der Waals surface area contributed by atoms with Crippen LogP contribution in [0.3, 0.4) is 0 Å². The van der Waals surface area contributed by atoms with Gasteiger partial charge in [-0.1, -0.05) is 12.1 Å². The fraction of sp³-hybridized carbons (Fsp3) is 0.278. The van der Waals surface area contributed by atoms with Gasteiger partial charge in [-0.3, -0.25) is 14.2 Å². The lowest BCUT2D eigenvalue weighted by Crippen LogP contribution is -2.12. The van der Waals surface area contributed by atoms with Crippen LogP contribution in [0.25, 0.3) is 0 Å². The molecular formula is C18H21N5O. The van der Waals surface area contributed by atoms with Crippen molar-refractivity contribution in [3.63, 3.8) is 0 Å². The molecule has 124 valence electrons. The van der Waals surface area contributed by atoms with Crippen LogP contribution >= 0.6 is 0 Å². The molecule has 0 aliphatic rings. The zero-order valence-corrected chi connectivity index (χ0v) is 14.4. The first-order chi connectivity index (χ1) is 11.4. The van der Waals surface area contributed by atoms with Crippen LogP contribution in [0.15, 0.2) is 36.5 Å². The number of hydrogen-bond donors (Lipinski definition) is 1. The minimum atomic E-state index is -0.135. The van der Waals surface area contributed by atoms with Gasteiger partial charge in [0.15, 0.2) is 0 Å². The van der Waals surface area contributed by atoms with Crippen molar-refractivity contribution in [2.45, 2.75) is 27.3 Å². The highest BCUT2D eigenvalue weighted by atomic mass is 16.1. The molecule has 0 radical (unpaired) electrons. The number of amides is 1. The van der Waals surface area contributed by atoms with Crippen molar-refractivity contribution in [1.82, 2.24) is 19.6 Å². The molecule has 0 aliphatic carbocycles. The third-order valence-corrected chi connectivity index (χ3v) is 4.14. The zero-order chi connectivity index (χ0) is 17.3. The van der Waals surface area contributed by atoms with Crippen molar-refractivity contribution in [2.75, 3.05) is 5.32 Å². The predicted octanol–water partition coefficient (Wildman–Crippen LogP) is 2.84. The van der Waals surface area contributed by atoms with Crippen molar-refractivity contribution in [3.05, 3.63) is 64.7 Å². The van der Waals surface area contributed by atoms with Gasteiger partial charge in [0.05, 0.1) is 29.8 Å². The number of anilines is 1. The smallest absolute Gasteiger partial charge is 0.255 e. The van der Waals surface area contributed by atoms with Gasteiger partial charge in [-0.2, -0.15) is 10.2 Å². The predicted molar refractivity (Wildman–Crippen MR) is 93.1 cm³/mol. The number of aromatic nitrogens is 4. The summed E-state index contributed by atoms with van der Waals surface area (Å²) in [7, 11) is 1.85. The summed E-state index contributed by atoms with van der Waals surface area (Å²) in [6, 6.07) is 9.64. The van der Waals surface area contributed by atoms with Crippen LogP contribution in [-0.4, -0.2) is 25.5 Å². The molecule has 3 aromatic rings. The van der Waals surface area contributed by atoms with Crippen LogP contribution in [0.1, 0.15) is 33.0 Å². The lowest BCUT2D eigenvalue weighted by Gasteiger charge is -2.07. The average Bonchev–Trinajstić information content (AvgIpc) is 3.03. The summed E-state index contributed by atoms with van der Waals surface area (Å²) in [6.45, 7) is 6.64. The van der Waals surface area contributed by atoms with Crippen LogP contribution in [0, 0.1) is 20.8 Å². The number of benzene rings is 1. The molecule has 1 N–H and O–H groups in total. The maximum absolute atomic E-state index is 12.3. The molecule has 0 unspecified atom stereocenters. The molecule has 0 bridgehead atoms. The maximum Gasteiger partial charge on any atom is 0.255 e. The van der Waals surface area contributed by atoms with Gasteiger partial charge in [-0.15, -0.1) is 0 Å². The molecule has 1 amide bonds. The van der Waals surface area contributed by atoms with Crippen molar-refractivity contribution < 1.29 is 4.79 Å². The van der Waals surface area contributed by atoms with Gasteiger partial charge < -0.3 is 5.32 Å². The Kier molecular flexibility index (Phi) is 4.20. The molecule has 0 saturated heterocycles. The Balaban J connectivity index is 1.71. The van der Waals surface area contributed by atoms with Crippen LogP contribution in [0.2, 0.25) is 0 Å². The molecule has 6 nitrogen and oxygen atoms in total. The summed E-state index contributed by atoms with van der Waals surface area (Å²) in [5.74, 6) is -0.135. The van der Waals surface area contributed by atoms with E-state index in [1.54, 1.807) is 10.9 Å². The molecule has 0 saturated carbocycles. The van der Waals surface area contributed by atoms with Gasteiger partial charge >= 0.3 is 0 Å². The monoisotopic (exact) mass is 323 g/mol. The van der Waals surface area contributed by atoms with Gasteiger partial charge in [0.2, 0.25) is 0 Å². The summed E-state index contributed by atoms with van der Waals surface area (Å²) < 4.78 is 3.69. The highest BCUT2D eigenvalue weighted by Crippen LogP contribution is 2.15. The molecule has 24 heavy (non-hydrogen) atoms. The Bertz CT molecular complexity index is 873. The maximum atomic E-state index is 12.3. The van der Waals surface area contributed by atoms with Crippen LogP contribution < -0.4 is 5.32 Å². The summed E-state index contributed by atoms with van der Waals surface area (Å²) >= 11 is 0. The number of carbonyl (C=O) groups excluding carboxylic acids is 1. The summed E-state index contributed by atoms with van der Waals surface area (Å²) in [5.41, 5.74) is 5.51. The van der Waals surface area contributed by atoms with E-state index in [1.165, 1.54) is 0 Å². The van der Waals surface area contributed by atoms with Gasteiger partial charge in [-0.25, -0.2) is 0 Å². The fourth-order valence-corrected chi connectivity index (χ4v) is 2.59. The largest absolute Gasteiger partial charge is 0.319 e. The SMILES string of the molecule is Cc1cc(C)n(Cc2ccc(C(=O)Nc3cnn(C)c3C)cc2)n1. The van der Waals surface area contributed by atoms with E-state index in [9.17, 15) is 4.79 Å². The van der Waals surface area contributed by atoms with Crippen molar-refractivity contribution in [2.24, 2.45) is 7.05 Å². The second-order valence-corrected chi connectivity index (χ2v) is 6.00. The van der Waals surface area contributed by atoms with E-state index in [1.807, 2.05) is 56.8 Å². The number of nitrogens with zero attached hydrogens (tertiary/aromatic N) is 4. The number of carbonyl (C=O) groups is 1. The minimum absolute atomic E-state index is 0.135. The van der Waals surface area contributed by atoms with E-state index in [4.69, 9.17) is 0 Å². The second-order valence-electron chi connectivity index (χ2n) is 6.00. The number of rotatable bonds is 4.